The summed E-state index contributed by atoms with van der Waals surface area (Å²) in [5.74, 6) is -0.173. The maximum Gasteiger partial charge on any atom is 0.358 e. The van der Waals surface area contributed by atoms with Crippen LogP contribution in [-0.4, -0.2) is 36.1 Å². The van der Waals surface area contributed by atoms with Crippen molar-refractivity contribution < 1.29 is 27.4 Å². The third kappa shape index (κ3) is 4.59. The van der Waals surface area contributed by atoms with Crippen LogP contribution in [0.2, 0.25) is 0 Å². The molecule has 0 saturated heterocycles. The molecule has 1 aromatic heterocycles. The molecule has 0 spiro atoms. The number of hydrogen-bond donors (Lipinski definition) is 0. The van der Waals surface area contributed by atoms with Crippen LogP contribution in [0.4, 0.5) is 13.2 Å². The third-order valence-corrected chi connectivity index (χ3v) is 2.95. The standard InChI is InChI=1S/C12H14F3NO3S/c1-3-18-12(17)9-8(20-4-2)5-7(6-16-9)19-11(15)10(13)14/h5-6,10-11H,3-4H2,1-2H3. The second-order valence-corrected chi connectivity index (χ2v) is 4.78. The van der Waals surface area contributed by atoms with E-state index in [-0.39, 0.29) is 18.1 Å². The van der Waals surface area contributed by atoms with Gasteiger partial charge in [-0.25, -0.2) is 18.6 Å². The minimum absolute atomic E-state index is 0.0542. The van der Waals surface area contributed by atoms with Gasteiger partial charge < -0.3 is 9.47 Å². The first-order valence-electron chi connectivity index (χ1n) is 5.88. The Morgan fingerprint density at radius 2 is 2.10 bits per heavy atom. The van der Waals surface area contributed by atoms with Crippen molar-refractivity contribution in [2.24, 2.45) is 0 Å². The number of esters is 1. The number of carbonyl (C=O) groups is 1. The summed E-state index contributed by atoms with van der Waals surface area (Å²) in [6, 6.07) is 1.29. The highest BCUT2D eigenvalue weighted by molar-refractivity contribution is 7.99. The highest BCUT2D eigenvalue weighted by Gasteiger charge is 2.22. The Labute approximate surface area is 118 Å². The zero-order valence-corrected chi connectivity index (χ0v) is 11.8. The number of hydrogen-bond acceptors (Lipinski definition) is 5. The molecule has 0 N–H and O–H groups in total. The van der Waals surface area contributed by atoms with Crippen LogP contribution < -0.4 is 4.74 Å². The molecule has 0 bridgehead atoms. The highest BCUT2D eigenvalue weighted by atomic mass is 32.2. The van der Waals surface area contributed by atoms with Crippen molar-refractivity contribution in [2.75, 3.05) is 12.4 Å². The molecule has 1 aromatic rings. The van der Waals surface area contributed by atoms with Crippen LogP contribution in [0, 0.1) is 0 Å². The molecule has 1 atom stereocenters. The molecular weight excluding hydrogens is 295 g/mol. The van der Waals surface area contributed by atoms with Crippen molar-refractivity contribution in [1.29, 1.82) is 0 Å². The predicted molar refractivity (Wildman–Crippen MR) is 68.1 cm³/mol. The summed E-state index contributed by atoms with van der Waals surface area (Å²) in [5.41, 5.74) is 0.0542. The molecule has 1 unspecified atom stereocenters. The van der Waals surface area contributed by atoms with Gasteiger partial charge in [0.1, 0.15) is 5.75 Å². The average molecular weight is 309 g/mol. The highest BCUT2D eigenvalue weighted by Crippen LogP contribution is 2.27. The van der Waals surface area contributed by atoms with Crippen molar-refractivity contribution in [1.82, 2.24) is 4.98 Å². The van der Waals surface area contributed by atoms with E-state index in [1.54, 1.807) is 6.92 Å². The Balaban J connectivity index is 2.97. The number of carbonyl (C=O) groups excluding carboxylic acids is 1. The summed E-state index contributed by atoms with van der Waals surface area (Å²) >= 11 is 1.25. The van der Waals surface area contributed by atoms with Crippen molar-refractivity contribution >= 4 is 17.7 Å². The summed E-state index contributed by atoms with van der Waals surface area (Å²) in [7, 11) is 0. The van der Waals surface area contributed by atoms with E-state index in [0.717, 1.165) is 6.20 Å². The summed E-state index contributed by atoms with van der Waals surface area (Å²) in [4.78, 5) is 15.8. The lowest BCUT2D eigenvalue weighted by Crippen LogP contribution is -2.20. The molecule has 1 heterocycles. The lowest BCUT2D eigenvalue weighted by Gasteiger charge is -2.12. The second kappa shape index (κ2) is 7.98. The zero-order valence-electron chi connectivity index (χ0n) is 10.9. The van der Waals surface area contributed by atoms with E-state index in [9.17, 15) is 18.0 Å². The SMILES string of the molecule is CCOC(=O)c1ncc(OC(F)C(F)F)cc1SCC. The monoisotopic (exact) mass is 309 g/mol. The molecule has 8 heteroatoms. The molecule has 0 aliphatic heterocycles. The van der Waals surface area contributed by atoms with Crippen LogP contribution in [0.3, 0.4) is 0 Å². The van der Waals surface area contributed by atoms with E-state index < -0.39 is 18.8 Å². The van der Waals surface area contributed by atoms with E-state index in [1.807, 2.05) is 6.92 Å². The topological polar surface area (TPSA) is 48.4 Å². The van der Waals surface area contributed by atoms with Gasteiger partial charge in [0.15, 0.2) is 5.69 Å². The predicted octanol–water partition coefficient (Wildman–Crippen LogP) is 3.31. The number of nitrogens with zero attached hydrogens (tertiary/aromatic N) is 1. The molecule has 0 aliphatic rings. The Hall–Kier alpha value is -1.44. The first-order chi connectivity index (χ1) is 9.49. The smallest absolute Gasteiger partial charge is 0.358 e. The number of aromatic nitrogens is 1. The summed E-state index contributed by atoms with van der Waals surface area (Å²) < 4.78 is 46.2. The van der Waals surface area contributed by atoms with Gasteiger partial charge in [0, 0.05) is 4.90 Å². The maximum atomic E-state index is 12.8. The first kappa shape index (κ1) is 16.6. The van der Waals surface area contributed by atoms with Crippen LogP contribution in [0.15, 0.2) is 17.2 Å². The van der Waals surface area contributed by atoms with Crippen LogP contribution in [0.1, 0.15) is 24.3 Å². The molecule has 112 valence electrons. The summed E-state index contributed by atoms with van der Waals surface area (Å²) in [5, 5.41) is 0. The minimum atomic E-state index is -3.25. The molecular formula is C12H14F3NO3S. The summed E-state index contributed by atoms with van der Waals surface area (Å²) in [6.45, 7) is 3.68. The first-order valence-corrected chi connectivity index (χ1v) is 6.87. The van der Waals surface area contributed by atoms with Gasteiger partial charge in [-0.1, -0.05) is 6.92 Å². The van der Waals surface area contributed by atoms with E-state index in [4.69, 9.17) is 4.74 Å². The minimum Gasteiger partial charge on any atom is -0.461 e. The lowest BCUT2D eigenvalue weighted by molar-refractivity contribution is -0.0671. The van der Waals surface area contributed by atoms with Gasteiger partial charge in [-0.2, -0.15) is 4.39 Å². The Morgan fingerprint density at radius 1 is 1.40 bits per heavy atom. The molecule has 0 amide bonds. The lowest BCUT2D eigenvalue weighted by atomic mass is 10.3. The van der Waals surface area contributed by atoms with Gasteiger partial charge in [0.25, 0.3) is 6.36 Å². The molecule has 0 radical (unpaired) electrons. The van der Waals surface area contributed by atoms with Gasteiger partial charge >= 0.3 is 12.4 Å². The molecule has 1 rings (SSSR count). The molecule has 0 aliphatic carbocycles. The average Bonchev–Trinajstić information content (AvgIpc) is 2.39. The van der Waals surface area contributed by atoms with Crippen molar-refractivity contribution in [3.63, 3.8) is 0 Å². The molecule has 0 saturated carbocycles. The number of alkyl halides is 3. The second-order valence-electron chi connectivity index (χ2n) is 3.47. The Bertz CT molecular complexity index is 460. The number of halogens is 3. The van der Waals surface area contributed by atoms with Crippen molar-refractivity contribution in [2.45, 2.75) is 31.5 Å². The number of rotatable bonds is 7. The van der Waals surface area contributed by atoms with Crippen LogP contribution in [0.25, 0.3) is 0 Å². The molecule has 20 heavy (non-hydrogen) atoms. The van der Waals surface area contributed by atoms with Gasteiger partial charge in [0.05, 0.1) is 12.8 Å². The van der Waals surface area contributed by atoms with Gasteiger partial charge in [-0.05, 0) is 18.7 Å². The fourth-order valence-electron chi connectivity index (χ4n) is 1.29. The molecule has 0 fully saturated rings. The van der Waals surface area contributed by atoms with Crippen LogP contribution in [0.5, 0.6) is 5.75 Å². The van der Waals surface area contributed by atoms with E-state index in [1.165, 1.54) is 17.8 Å². The number of ether oxygens (including phenoxy) is 2. The number of pyridine rings is 1. The molecule has 4 nitrogen and oxygen atoms in total. The summed E-state index contributed by atoms with van der Waals surface area (Å²) in [6.07, 6.45) is -4.97. The Morgan fingerprint density at radius 3 is 2.65 bits per heavy atom. The fourth-order valence-corrected chi connectivity index (χ4v) is 2.07. The normalized spacial score (nSPS) is 12.3. The Kier molecular flexibility index (Phi) is 6.63. The van der Waals surface area contributed by atoms with Gasteiger partial charge in [-0.15, -0.1) is 11.8 Å². The third-order valence-electron chi connectivity index (χ3n) is 2.04. The van der Waals surface area contributed by atoms with E-state index >= 15 is 0 Å². The van der Waals surface area contributed by atoms with Crippen LogP contribution in [-0.2, 0) is 4.74 Å². The maximum absolute atomic E-state index is 12.8. The largest absolute Gasteiger partial charge is 0.461 e. The van der Waals surface area contributed by atoms with E-state index in [0.29, 0.717) is 10.6 Å². The zero-order chi connectivity index (χ0) is 15.1. The van der Waals surface area contributed by atoms with Crippen molar-refractivity contribution in [3.05, 3.63) is 18.0 Å². The van der Waals surface area contributed by atoms with Crippen molar-refractivity contribution in [3.8, 4) is 5.75 Å². The number of thioether (sulfide) groups is 1. The fraction of sp³-hybridized carbons (Fsp3) is 0.500. The van der Waals surface area contributed by atoms with Crippen LogP contribution >= 0.6 is 11.8 Å². The van der Waals surface area contributed by atoms with E-state index in [2.05, 4.69) is 9.72 Å². The van der Waals surface area contributed by atoms with Gasteiger partial charge in [0.2, 0.25) is 0 Å². The quantitative estimate of drug-likeness (QED) is 0.571. The molecule has 0 aromatic carbocycles. The van der Waals surface area contributed by atoms with Gasteiger partial charge in [-0.3, -0.25) is 0 Å².